The van der Waals surface area contributed by atoms with E-state index in [9.17, 15) is 14.4 Å². The van der Waals surface area contributed by atoms with Crippen molar-refractivity contribution in [2.45, 2.75) is 26.5 Å². The standard InChI is InChI=1S/C16H20N4O4/c1-3-17-15(22)10(2)18-14(21)9-24-8-13-19-12-7-5-4-6-11(12)16(23)20-13/h4-7,10H,3,8-9H2,1-2H3,(H,17,22)(H,18,21)(H,19,20,23). The van der Waals surface area contributed by atoms with Gasteiger partial charge >= 0.3 is 0 Å². The van der Waals surface area contributed by atoms with Gasteiger partial charge in [0, 0.05) is 6.54 Å². The molecule has 2 rings (SSSR count). The van der Waals surface area contributed by atoms with E-state index in [1.807, 2.05) is 0 Å². The van der Waals surface area contributed by atoms with E-state index in [1.54, 1.807) is 38.1 Å². The minimum absolute atomic E-state index is 0.0109. The highest BCUT2D eigenvalue weighted by Gasteiger charge is 2.14. The van der Waals surface area contributed by atoms with Crippen LogP contribution >= 0.6 is 0 Å². The molecule has 1 aromatic heterocycles. The van der Waals surface area contributed by atoms with Gasteiger partial charge in [0.05, 0.1) is 10.9 Å². The first-order valence-electron chi connectivity index (χ1n) is 7.64. The number of likely N-dealkylation sites (N-methyl/N-ethyl adjacent to an activating group) is 1. The maximum absolute atomic E-state index is 11.9. The predicted molar refractivity (Wildman–Crippen MR) is 88.3 cm³/mol. The van der Waals surface area contributed by atoms with Gasteiger partial charge in [-0.3, -0.25) is 14.4 Å². The highest BCUT2D eigenvalue weighted by Crippen LogP contribution is 2.05. The lowest BCUT2D eigenvalue weighted by atomic mass is 10.2. The number of hydrogen-bond donors (Lipinski definition) is 3. The molecule has 2 aromatic rings. The fourth-order valence-corrected chi connectivity index (χ4v) is 2.12. The number of H-pyrrole nitrogens is 1. The summed E-state index contributed by atoms with van der Waals surface area (Å²) >= 11 is 0. The van der Waals surface area contributed by atoms with E-state index < -0.39 is 11.9 Å². The number of benzene rings is 1. The van der Waals surface area contributed by atoms with Crippen molar-refractivity contribution in [3.05, 3.63) is 40.4 Å². The molecular weight excluding hydrogens is 312 g/mol. The number of hydrogen-bond acceptors (Lipinski definition) is 5. The summed E-state index contributed by atoms with van der Waals surface area (Å²) in [5, 5.41) is 5.63. The molecule has 8 nitrogen and oxygen atoms in total. The highest BCUT2D eigenvalue weighted by molar-refractivity contribution is 5.87. The first kappa shape index (κ1) is 17.6. The van der Waals surface area contributed by atoms with Crippen LogP contribution in [0.25, 0.3) is 10.9 Å². The van der Waals surface area contributed by atoms with Crippen LogP contribution in [0.5, 0.6) is 0 Å². The first-order chi connectivity index (χ1) is 11.5. The van der Waals surface area contributed by atoms with Crippen LogP contribution < -0.4 is 16.2 Å². The van der Waals surface area contributed by atoms with Gasteiger partial charge in [0.1, 0.15) is 25.1 Å². The van der Waals surface area contributed by atoms with Crippen LogP contribution in [0.2, 0.25) is 0 Å². The maximum Gasteiger partial charge on any atom is 0.258 e. The predicted octanol–water partition coefficient (Wildman–Crippen LogP) is 0.0805. The number of aromatic amines is 1. The molecule has 0 radical (unpaired) electrons. The lowest BCUT2D eigenvalue weighted by molar-refractivity contribution is -0.131. The van der Waals surface area contributed by atoms with E-state index in [0.717, 1.165) is 0 Å². The smallest absolute Gasteiger partial charge is 0.258 e. The van der Waals surface area contributed by atoms with Crippen molar-refractivity contribution in [1.82, 2.24) is 20.6 Å². The number of amides is 2. The quantitative estimate of drug-likeness (QED) is 0.664. The first-order valence-corrected chi connectivity index (χ1v) is 7.64. The molecule has 128 valence electrons. The molecule has 0 fully saturated rings. The van der Waals surface area contributed by atoms with E-state index in [4.69, 9.17) is 4.74 Å². The van der Waals surface area contributed by atoms with Crippen molar-refractivity contribution >= 4 is 22.7 Å². The number of carbonyl (C=O) groups excluding carboxylic acids is 2. The SMILES string of the molecule is CCNC(=O)C(C)NC(=O)COCc1nc2ccccc2c(=O)[nH]1. The Kier molecular flexibility index (Phi) is 6.02. The molecule has 1 unspecified atom stereocenters. The Hall–Kier alpha value is -2.74. The van der Waals surface area contributed by atoms with Crippen LogP contribution in [0, 0.1) is 0 Å². The van der Waals surface area contributed by atoms with E-state index in [1.165, 1.54) is 0 Å². The molecule has 0 aliphatic heterocycles. The average Bonchev–Trinajstić information content (AvgIpc) is 2.55. The topological polar surface area (TPSA) is 113 Å². The number of rotatable bonds is 7. The van der Waals surface area contributed by atoms with Gasteiger partial charge in [0.2, 0.25) is 11.8 Å². The minimum atomic E-state index is -0.639. The number of fused-ring (bicyclic) bond motifs is 1. The summed E-state index contributed by atoms with van der Waals surface area (Å²) < 4.78 is 5.25. The molecule has 0 aliphatic carbocycles. The van der Waals surface area contributed by atoms with Crippen LogP contribution in [0.1, 0.15) is 19.7 Å². The van der Waals surface area contributed by atoms with Crippen LogP contribution in [0.3, 0.4) is 0 Å². The Bertz CT molecular complexity index is 787. The van der Waals surface area contributed by atoms with Gasteiger partial charge in [0.15, 0.2) is 0 Å². The molecule has 2 amide bonds. The van der Waals surface area contributed by atoms with Gasteiger partial charge in [-0.1, -0.05) is 12.1 Å². The monoisotopic (exact) mass is 332 g/mol. The molecule has 1 heterocycles. The third-order valence-corrected chi connectivity index (χ3v) is 3.26. The molecule has 0 saturated heterocycles. The summed E-state index contributed by atoms with van der Waals surface area (Å²) in [7, 11) is 0. The lowest BCUT2D eigenvalue weighted by Gasteiger charge is -2.13. The minimum Gasteiger partial charge on any atom is -0.364 e. The van der Waals surface area contributed by atoms with Crippen molar-refractivity contribution in [3.63, 3.8) is 0 Å². The Labute approximate surface area is 138 Å². The second-order valence-electron chi connectivity index (χ2n) is 5.21. The highest BCUT2D eigenvalue weighted by atomic mass is 16.5. The summed E-state index contributed by atoms with van der Waals surface area (Å²) in [4.78, 5) is 42.0. The van der Waals surface area contributed by atoms with Crippen LogP contribution in [0.15, 0.2) is 29.1 Å². The number of carbonyl (C=O) groups is 2. The molecule has 3 N–H and O–H groups in total. The van der Waals surface area contributed by atoms with Crippen molar-refractivity contribution in [1.29, 1.82) is 0 Å². The number of aromatic nitrogens is 2. The van der Waals surface area contributed by atoms with Gasteiger partial charge in [0.25, 0.3) is 5.56 Å². The second kappa shape index (κ2) is 8.21. The van der Waals surface area contributed by atoms with Gasteiger partial charge in [-0.2, -0.15) is 0 Å². The van der Waals surface area contributed by atoms with Gasteiger partial charge in [-0.05, 0) is 26.0 Å². The third-order valence-electron chi connectivity index (χ3n) is 3.26. The van der Waals surface area contributed by atoms with Crippen LogP contribution in [-0.2, 0) is 20.9 Å². The van der Waals surface area contributed by atoms with Crippen LogP contribution in [0.4, 0.5) is 0 Å². The molecule has 1 atom stereocenters. The Morgan fingerprint density at radius 2 is 2.08 bits per heavy atom. The molecular formula is C16H20N4O4. The van der Waals surface area contributed by atoms with E-state index >= 15 is 0 Å². The second-order valence-corrected chi connectivity index (χ2v) is 5.21. The van der Waals surface area contributed by atoms with Crippen molar-refractivity contribution < 1.29 is 14.3 Å². The van der Waals surface area contributed by atoms with Gasteiger partial charge in [-0.15, -0.1) is 0 Å². The Morgan fingerprint density at radius 1 is 1.33 bits per heavy atom. The zero-order valence-electron chi connectivity index (χ0n) is 13.6. The average molecular weight is 332 g/mol. The molecule has 24 heavy (non-hydrogen) atoms. The third kappa shape index (κ3) is 4.63. The molecule has 8 heteroatoms. The molecule has 0 bridgehead atoms. The Morgan fingerprint density at radius 3 is 2.83 bits per heavy atom. The molecule has 1 aromatic carbocycles. The maximum atomic E-state index is 11.9. The summed E-state index contributed by atoms with van der Waals surface area (Å²) in [6.45, 7) is 3.64. The molecule has 0 aliphatic rings. The number of para-hydroxylation sites is 1. The lowest BCUT2D eigenvalue weighted by Crippen LogP contribution is -2.45. The molecule has 0 spiro atoms. The fourth-order valence-electron chi connectivity index (χ4n) is 2.12. The zero-order valence-corrected chi connectivity index (χ0v) is 13.6. The summed E-state index contributed by atoms with van der Waals surface area (Å²) in [5.74, 6) is -0.341. The number of nitrogens with zero attached hydrogens (tertiary/aromatic N) is 1. The largest absolute Gasteiger partial charge is 0.364 e. The fraction of sp³-hybridized carbons (Fsp3) is 0.375. The van der Waals surface area contributed by atoms with Gasteiger partial charge in [-0.25, -0.2) is 4.98 Å². The van der Waals surface area contributed by atoms with E-state index in [-0.39, 0.29) is 24.7 Å². The normalized spacial score (nSPS) is 11.9. The number of ether oxygens (including phenoxy) is 1. The van der Waals surface area contributed by atoms with Gasteiger partial charge < -0.3 is 20.4 Å². The van der Waals surface area contributed by atoms with E-state index in [0.29, 0.717) is 23.3 Å². The Balaban J connectivity index is 1.87. The van der Waals surface area contributed by atoms with Crippen molar-refractivity contribution in [3.8, 4) is 0 Å². The van der Waals surface area contributed by atoms with E-state index in [2.05, 4.69) is 20.6 Å². The van der Waals surface area contributed by atoms with Crippen LogP contribution in [-0.4, -0.2) is 41.0 Å². The van der Waals surface area contributed by atoms with Crippen molar-refractivity contribution in [2.75, 3.05) is 13.2 Å². The van der Waals surface area contributed by atoms with Crippen molar-refractivity contribution in [2.24, 2.45) is 0 Å². The molecule has 0 saturated carbocycles. The summed E-state index contributed by atoms with van der Waals surface area (Å²) in [6.07, 6.45) is 0. The summed E-state index contributed by atoms with van der Waals surface area (Å²) in [6, 6.07) is 6.32. The number of nitrogens with one attached hydrogen (secondary N) is 3. The zero-order chi connectivity index (χ0) is 17.5. The summed E-state index contributed by atoms with van der Waals surface area (Å²) in [5.41, 5.74) is 0.308.